The van der Waals surface area contributed by atoms with Gasteiger partial charge in [-0.2, -0.15) is 0 Å². The van der Waals surface area contributed by atoms with Gasteiger partial charge in [-0.1, -0.05) is 30.3 Å². The highest BCUT2D eigenvalue weighted by Crippen LogP contribution is 2.23. The first-order chi connectivity index (χ1) is 9.66. The van der Waals surface area contributed by atoms with Crippen molar-refractivity contribution in [2.75, 3.05) is 19.7 Å². The Kier molecular flexibility index (Phi) is 4.90. The minimum Gasteiger partial charge on any atom is -0.478 e. The van der Waals surface area contributed by atoms with Gasteiger partial charge in [0.2, 0.25) is 5.91 Å². The molecule has 5 nitrogen and oxygen atoms in total. The molecule has 1 unspecified atom stereocenters. The standard InChI is InChI=1S/C15H17NO4/c17-14(6-7-15(18)19)16-9-8-13(20-11-10-16)12-4-2-1-3-5-12/h1-7,13H,8-11H2,(H,18,19)/b7-6+. The molecule has 1 heterocycles. The molecule has 0 spiro atoms. The maximum atomic E-state index is 11.8. The van der Waals surface area contributed by atoms with Gasteiger partial charge in [-0.15, -0.1) is 0 Å². The SMILES string of the molecule is O=C(O)/C=C/C(=O)N1CCOC(c2ccccc2)CC1. The number of carbonyl (C=O) groups is 2. The van der Waals surface area contributed by atoms with Crippen LogP contribution in [0.3, 0.4) is 0 Å². The van der Waals surface area contributed by atoms with Crippen molar-refractivity contribution in [1.29, 1.82) is 0 Å². The summed E-state index contributed by atoms with van der Waals surface area (Å²) in [6, 6.07) is 9.88. The summed E-state index contributed by atoms with van der Waals surface area (Å²) in [7, 11) is 0. The number of hydrogen-bond acceptors (Lipinski definition) is 3. The van der Waals surface area contributed by atoms with Crippen LogP contribution >= 0.6 is 0 Å². The summed E-state index contributed by atoms with van der Waals surface area (Å²) in [6.45, 7) is 1.49. The quantitative estimate of drug-likeness (QED) is 0.851. The fourth-order valence-electron chi connectivity index (χ4n) is 2.17. The number of hydrogen-bond donors (Lipinski definition) is 1. The van der Waals surface area contributed by atoms with Gasteiger partial charge < -0.3 is 14.7 Å². The van der Waals surface area contributed by atoms with Crippen molar-refractivity contribution in [1.82, 2.24) is 4.90 Å². The van der Waals surface area contributed by atoms with Crippen LogP contribution in [-0.2, 0) is 14.3 Å². The monoisotopic (exact) mass is 275 g/mol. The Hall–Kier alpha value is -2.14. The van der Waals surface area contributed by atoms with E-state index in [4.69, 9.17) is 9.84 Å². The number of carbonyl (C=O) groups excluding carboxylic acids is 1. The Morgan fingerprint density at radius 1 is 1.20 bits per heavy atom. The Balaban J connectivity index is 1.95. The molecule has 0 saturated carbocycles. The van der Waals surface area contributed by atoms with Crippen LogP contribution in [-0.4, -0.2) is 41.6 Å². The van der Waals surface area contributed by atoms with E-state index in [1.807, 2.05) is 30.3 Å². The summed E-state index contributed by atoms with van der Waals surface area (Å²) in [4.78, 5) is 23.8. The van der Waals surface area contributed by atoms with Gasteiger partial charge in [0.25, 0.3) is 0 Å². The van der Waals surface area contributed by atoms with Crippen molar-refractivity contribution in [2.45, 2.75) is 12.5 Å². The van der Waals surface area contributed by atoms with Crippen molar-refractivity contribution in [2.24, 2.45) is 0 Å². The topological polar surface area (TPSA) is 66.8 Å². The van der Waals surface area contributed by atoms with Crippen LogP contribution in [0.5, 0.6) is 0 Å². The van der Waals surface area contributed by atoms with Gasteiger partial charge in [-0.05, 0) is 12.0 Å². The van der Waals surface area contributed by atoms with Crippen LogP contribution in [0.1, 0.15) is 18.1 Å². The zero-order valence-electron chi connectivity index (χ0n) is 11.1. The van der Waals surface area contributed by atoms with Crippen LogP contribution in [0.15, 0.2) is 42.5 Å². The largest absolute Gasteiger partial charge is 0.478 e. The van der Waals surface area contributed by atoms with Gasteiger partial charge in [-0.3, -0.25) is 4.79 Å². The van der Waals surface area contributed by atoms with E-state index in [0.29, 0.717) is 26.1 Å². The summed E-state index contributed by atoms with van der Waals surface area (Å²) in [6.07, 6.45) is 2.64. The molecule has 1 amide bonds. The van der Waals surface area contributed by atoms with Gasteiger partial charge in [0.1, 0.15) is 0 Å². The van der Waals surface area contributed by atoms with Crippen molar-refractivity contribution < 1.29 is 19.4 Å². The molecule has 106 valence electrons. The van der Waals surface area contributed by atoms with Gasteiger partial charge in [0.15, 0.2) is 0 Å². The van der Waals surface area contributed by atoms with Crippen molar-refractivity contribution >= 4 is 11.9 Å². The van der Waals surface area contributed by atoms with Gasteiger partial charge in [-0.25, -0.2) is 4.79 Å². The molecule has 1 saturated heterocycles. The van der Waals surface area contributed by atoms with Crippen molar-refractivity contribution in [3.05, 3.63) is 48.0 Å². The van der Waals surface area contributed by atoms with Crippen LogP contribution in [0.4, 0.5) is 0 Å². The molecule has 5 heteroatoms. The molecule has 1 N–H and O–H groups in total. The average Bonchev–Trinajstić information content (AvgIpc) is 2.71. The van der Waals surface area contributed by atoms with Crippen LogP contribution < -0.4 is 0 Å². The lowest BCUT2D eigenvalue weighted by Crippen LogP contribution is -2.31. The first kappa shape index (κ1) is 14.3. The Morgan fingerprint density at radius 2 is 1.95 bits per heavy atom. The molecule has 0 aromatic heterocycles. The lowest BCUT2D eigenvalue weighted by atomic mass is 10.1. The summed E-state index contributed by atoms with van der Waals surface area (Å²) in [5, 5.41) is 8.52. The number of carboxylic acids is 1. The highest BCUT2D eigenvalue weighted by atomic mass is 16.5. The van der Waals surface area contributed by atoms with Crippen LogP contribution in [0.2, 0.25) is 0 Å². The Labute approximate surface area is 117 Å². The average molecular weight is 275 g/mol. The molecule has 0 radical (unpaired) electrons. The first-order valence-corrected chi connectivity index (χ1v) is 6.53. The molecular formula is C15H17NO4. The predicted octanol–water partition coefficient (Wildman–Crippen LogP) is 1.62. The number of nitrogens with zero attached hydrogens (tertiary/aromatic N) is 1. The van der Waals surface area contributed by atoms with E-state index in [0.717, 1.165) is 17.7 Å². The molecule has 1 atom stereocenters. The maximum Gasteiger partial charge on any atom is 0.328 e. The number of carboxylic acid groups (broad SMARTS) is 1. The fraction of sp³-hybridized carbons (Fsp3) is 0.333. The van der Waals surface area contributed by atoms with E-state index in [2.05, 4.69) is 0 Å². The number of aliphatic carboxylic acids is 1. The second-order valence-corrected chi connectivity index (χ2v) is 4.56. The first-order valence-electron chi connectivity index (χ1n) is 6.53. The van der Waals surface area contributed by atoms with E-state index in [1.165, 1.54) is 0 Å². The van der Waals surface area contributed by atoms with Crippen molar-refractivity contribution in [3.8, 4) is 0 Å². The molecule has 2 rings (SSSR count). The summed E-state index contributed by atoms with van der Waals surface area (Å²) < 4.78 is 5.76. The minimum absolute atomic E-state index is 0.0162. The summed E-state index contributed by atoms with van der Waals surface area (Å²) in [5.74, 6) is -1.41. The molecule has 0 aliphatic carbocycles. The fourth-order valence-corrected chi connectivity index (χ4v) is 2.17. The third kappa shape index (κ3) is 3.93. The molecule has 1 aliphatic heterocycles. The van der Waals surface area contributed by atoms with Crippen molar-refractivity contribution in [3.63, 3.8) is 0 Å². The third-order valence-corrected chi connectivity index (χ3v) is 3.19. The molecule has 0 bridgehead atoms. The second-order valence-electron chi connectivity index (χ2n) is 4.56. The van der Waals surface area contributed by atoms with Crippen LogP contribution in [0.25, 0.3) is 0 Å². The third-order valence-electron chi connectivity index (χ3n) is 3.19. The van der Waals surface area contributed by atoms with E-state index in [9.17, 15) is 9.59 Å². The van der Waals surface area contributed by atoms with E-state index >= 15 is 0 Å². The maximum absolute atomic E-state index is 11.8. The number of rotatable bonds is 3. The van der Waals surface area contributed by atoms with E-state index in [-0.39, 0.29) is 12.0 Å². The number of benzene rings is 1. The molecule has 1 aromatic carbocycles. The normalized spacial score (nSPS) is 19.8. The molecule has 1 fully saturated rings. The van der Waals surface area contributed by atoms with E-state index in [1.54, 1.807) is 4.90 Å². The second kappa shape index (κ2) is 6.86. The highest BCUT2D eigenvalue weighted by molar-refractivity contribution is 5.93. The number of amides is 1. The predicted molar refractivity (Wildman–Crippen MR) is 73.1 cm³/mol. The zero-order chi connectivity index (χ0) is 14.4. The lowest BCUT2D eigenvalue weighted by Gasteiger charge is -2.17. The molecule has 1 aliphatic rings. The van der Waals surface area contributed by atoms with Gasteiger partial charge in [0, 0.05) is 25.2 Å². The van der Waals surface area contributed by atoms with Gasteiger partial charge in [0.05, 0.1) is 12.7 Å². The Morgan fingerprint density at radius 3 is 2.65 bits per heavy atom. The molecular weight excluding hydrogens is 258 g/mol. The van der Waals surface area contributed by atoms with Crippen LogP contribution in [0, 0.1) is 0 Å². The Bertz CT molecular complexity index is 498. The molecule has 1 aromatic rings. The van der Waals surface area contributed by atoms with Gasteiger partial charge >= 0.3 is 5.97 Å². The van der Waals surface area contributed by atoms with E-state index < -0.39 is 5.97 Å². The number of ether oxygens (including phenoxy) is 1. The lowest BCUT2D eigenvalue weighted by molar-refractivity contribution is -0.132. The highest BCUT2D eigenvalue weighted by Gasteiger charge is 2.20. The molecule has 20 heavy (non-hydrogen) atoms. The smallest absolute Gasteiger partial charge is 0.328 e. The minimum atomic E-state index is -1.12. The summed E-state index contributed by atoms with van der Waals surface area (Å²) >= 11 is 0. The zero-order valence-corrected chi connectivity index (χ0v) is 11.1. The summed E-state index contributed by atoms with van der Waals surface area (Å²) in [5.41, 5.74) is 1.10.